The molecule has 0 atom stereocenters. The highest BCUT2D eigenvalue weighted by Crippen LogP contribution is 2.27. The Hall–Kier alpha value is -0.510. The summed E-state index contributed by atoms with van der Waals surface area (Å²) in [5, 5.41) is 8.62. The van der Waals surface area contributed by atoms with E-state index in [1.54, 1.807) is 6.08 Å². The molecule has 0 aromatic rings. The van der Waals surface area contributed by atoms with Gasteiger partial charge in [-0.3, -0.25) is 0 Å². The summed E-state index contributed by atoms with van der Waals surface area (Å²) in [5.74, 6) is 0. The van der Waals surface area contributed by atoms with Gasteiger partial charge in [0.1, 0.15) is 0 Å². The topological polar surface area (TPSA) is 20.2 Å². The van der Waals surface area contributed by atoms with Crippen LogP contribution in [-0.4, -0.2) is 17.9 Å². The number of allylic oxidation sites excluding steroid dienone is 1. The van der Waals surface area contributed by atoms with Gasteiger partial charge in [-0.2, -0.15) is 13.2 Å². The zero-order valence-electron chi connectivity index (χ0n) is 9.98. The largest absolute Gasteiger partial charge is 0.392 e. The maximum atomic E-state index is 11.8. The molecule has 0 aliphatic rings. The van der Waals surface area contributed by atoms with E-state index in [1.807, 2.05) is 19.9 Å². The second kappa shape index (κ2) is 6.94. The van der Waals surface area contributed by atoms with Gasteiger partial charge >= 0.3 is 6.18 Å². The highest BCUT2D eigenvalue weighted by atomic mass is 19.4. The van der Waals surface area contributed by atoms with Gasteiger partial charge in [0.25, 0.3) is 0 Å². The summed E-state index contributed by atoms with van der Waals surface area (Å²) in [4.78, 5) is 0. The van der Waals surface area contributed by atoms with Crippen LogP contribution in [0.15, 0.2) is 12.2 Å². The number of alkyl halides is 3. The lowest BCUT2D eigenvalue weighted by Crippen LogP contribution is -2.09. The Morgan fingerprint density at radius 3 is 2.06 bits per heavy atom. The van der Waals surface area contributed by atoms with Crippen molar-refractivity contribution in [2.75, 3.05) is 6.61 Å². The second-order valence-corrected chi connectivity index (χ2v) is 4.75. The molecule has 0 heterocycles. The van der Waals surface area contributed by atoms with Crippen LogP contribution in [0.1, 0.15) is 46.0 Å². The average molecular weight is 238 g/mol. The van der Waals surface area contributed by atoms with E-state index in [2.05, 4.69) is 0 Å². The normalized spacial score (nSPS) is 13.6. The Labute approximate surface area is 95.4 Å². The minimum atomic E-state index is -4.02. The van der Waals surface area contributed by atoms with Crippen molar-refractivity contribution in [2.45, 2.75) is 52.1 Å². The number of unbranched alkanes of at least 4 members (excludes halogenated alkanes) is 2. The lowest BCUT2D eigenvalue weighted by Gasteiger charge is -2.19. The fourth-order valence-electron chi connectivity index (χ4n) is 1.54. The third kappa shape index (κ3) is 10.0. The third-order valence-electron chi connectivity index (χ3n) is 2.46. The van der Waals surface area contributed by atoms with E-state index in [1.165, 1.54) is 0 Å². The first-order chi connectivity index (χ1) is 7.27. The SMILES string of the molecule is CC(C)(/C=C/CO)CCCCCC(F)(F)F. The summed E-state index contributed by atoms with van der Waals surface area (Å²) in [7, 11) is 0. The molecule has 0 aliphatic carbocycles. The summed E-state index contributed by atoms with van der Waals surface area (Å²) in [5.41, 5.74) is -0.0407. The highest BCUT2D eigenvalue weighted by Gasteiger charge is 2.25. The van der Waals surface area contributed by atoms with Crippen molar-refractivity contribution < 1.29 is 18.3 Å². The van der Waals surface area contributed by atoms with Crippen LogP contribution in [0.25, 0.3) is 0 Å². The van der Waals surface area contributed by atoms with Gasteiger partial charge in [0.2, 0.25) is 0 Å². The van der Waals surface area contributed by atoms with Crippen LogP contribution in [-0.2, 0) is 0 Å². The smallest absolute Gasteiger partial charge is 0.389 e. The van der Waals surface area contributed by atoms with Gasteiger partial charge in [-0.1, -0.05) is 38.8 Å². The Morgan fingerprint density at radius 1 is 1.00 bits per heavy atom. The molecule has 0 fully saturated rings. The molecule has 0 saturated heterocycles. The lowest BCUT2D eigenvalue weighted by atomic mass is 9.86. The van der Waals surface area contributed by atoms with Crippen LogP contribution in [0, 0.1) is 5.41 Å². The van der Waals surface area contributed by atoms with Crippen molar-refractivity contribution in [3.63, 3.8) is 0 Å². The number of hydrogen-bond donors (Lipinski definition) is 1. The zero-order chi connectivity index (χ0) is 12.7. The van der Waals surface area contributed by atoms with E-state index in [-0.39, 0.29) is 18.4 Å². The van der Waals surface area contributed by atoms with E-state index in [9.17, 15) is 13.2 Å². The first-order valence-electron chi connectivity index (χ1n) is 5.62. The van der Waals surface area contributed by atoms with Crippen LogP contribution < -0.4 is 0 Å². The van der Waals surface area contributed by atoms with Crippen LogP contribution in [0.5, 0.6) is 0 Å². The molecule has 0 aromatic heterocycles. The summed E-state index contributed by atoms with van der Waals surface area (Å²) in [6.45, 7) is 4.04. The Balaban J connectivity index is 3.62. The van der Waals surface area contributed by atoms with E-state index in [4.69, 9.17) is 5.11 Å². The number of aliphatic hydroxyl groups is 1. The fraction of sp³-hybridized carbons (Fsp3) is 0.833. The predicted octanol–water partition coefficient (Wildman–Crippen LogP) is 4.07. The number of rotatable bonds is 7. The molecule has 4 heteroatoms. The Bertz CT molecular complexity index is 207. The van der Waals surface area contributed by atoms with Gasteiger partial charge in [-0.05, 0) is 18.3 Å². The summed E-state index contributed by atoms with van der Waals surface area (Å²) >= 11 is 0. The molecule has 0 radical (unpaired) electrons. The maximum absolute atomic E-state index is 11.8. The molecule has 1 N–H and O–H groups in total. The maximum Gasteiger partial charge on any atom is 0.389 e. The number of aliphatic hydroxyl groups excluding tert-OH is 1. The quantitative estimate of drug-likeness (QED) is 0.523. The van der Waals surface area contributed by atoms with Gasteiger partial charge in [-0.25, -0.2) is 0 Å². The van der Waals surface area contributed by atoms with E-state index >= 15 is 0 Å². The van der Waals surface area contributed by atoms with Gasteiger partial charge in [0, 0.05) is 6.42 Å². The molecule has 1 nitrogen and oxygen atoms in total. The Morgan fingerprint density at radius 2 is 1.56 bits per heavy atom. The van der Waals surface area contributed by atoms with Crippen LogP contribution in [0.4, 0.5) is 13.2 Å². The number of halogens is 3. The molecule has 0 bridgehead atoms. The molecular weight excluding hydrogens is 217 g/mol. The summed E-state index contributed by atoms with van der Waals surface area (Å²) < 4.78 is 35.5. The van der Waals surface area contributed by atoms with Gasteiger partial charge in [0.15, 0.2) is 0 Å². The summed E-state index contributed by atoms with van der Waals surface area (Å²) in [6, 6.07) is 0. The van der Waals surface area contributed by atoms with Crippen molar-refractivity contribution in [1.29, 1.82) is 0 Å². The van der Waals surface area contributed by atoms with Crippen LogP contribution in [0.3, 0.4) is 0 Å². The first-order valence-corrected chi connectivity index (χ1v) is 5.62. The molecule has 0 aromatic carbocycles. The van der Waals surface area contributed by atoms with Crippen molar-refractivity contribution >= 4 is 0 Å². The molecule has 0 spiro atoms. The van der Waals surface area contributed by atoms with E-state index < -0.39 is 12.6 Å². The minimum absolute atomic E-state index is 0.0114. The molecule has 16 heavy (non-hydrogen) atoms. The van der Waals surface area contributed by atoms with E-state index in [0.29, 0.717) is 6.42 Å². The second-order valence-electron chi connectivity index (χ2n) is 4.75. The molecule has 0 aliphatic heterocycles. The van der Waals surface area contributed by atoms with Crippen molar-refractivity contribution in [1.82, 2.24) is 0 Å². The molecule has 0 rings (SSSR count). The molecule has 96 valence electrons. The Kier molecular flexibility index (Phi) is 6.72. The van der Waals surface area contributed by atoms with Crippen molar-refractivity contribution in [3.8, 4) is 0 Å². The third-order valence-corrected chi connectivity index (χ3v) is 2.46. The fourth-order valence-corrected chi connectivity index (χ4v) is 1.54. The average Bonchev–Trinajstić information content (AvgIpc) is 2.12. The molecule has 0 amide bonds. The van der Waals surface area contributed by atoms with Gasteiger partial charge in [-0.15, -0.1) is 0 Å². The van der Waals surface area contributed by atoms with Crippen LogP contribution >= 0.6 is 0 Å². The van der Waals surface area contributed by atoms with Gasteiger partial charge < -0.3 is 5.11 Å². The lowest BCUT2D eigenvalue weighted by molar-refractivity contribution is -0.135. The highest BCUT2D eigenvalue weighted by molar-refractivity contribution is 4.94. The minimum Gasteiger partial charge on any atom is -0.392 e. The molecule has 0 saturated carbocycles. The van der Waals surface area contributed by atoms with Crippen molar-refractivity contribution in [2.24, 2.45) is 5.41 Å². The predicted molar refractivity (Wildman–Crippen MR) is 59.1 cm³/mol. The monoisotopic (exact) mass is 238 g/mol. The van der Waals surface area contributed by atoms with Gasteiger partial charge in [0.05, 0.1) is 6.61 Å². The summed E-state index contributed by atoms with van der Waals surface area (Å²) in [6.07, 6.45) is 1.35. The van der Waals surface area contributed by atoms with Crippen LogP contribution in [0.2, 0.25) is 0 Å². The molecule has 0 unspecified atom stereocenters. The van der Waals surface area contributed by atoms with E-state index in [0.717, 1.165) is 12.8 Å². The first kappa shape index (κ1) is 15.5. The standard InChI is InChI=1S/C12H21F3O/c1-11(2,8-6-10-16)7-4-3-5-9-12(13,14)15/h6,8,16H,3-5,7,9-10H2,1-2H3/b8-6+. The van der Waals surface area contributed by atoms with Crippen molar-refractivity contribution in [3.05, 3.63) is 12.2 Å². The number of hydrogen-bond acceptors (Lipinski definition) is 1. The zero-order valence-corrected chi connectivity index (χ0v) is 9.98. The molecular formula is C12H21F3O.